The molecule has 1 amide bonds. The maximum Gasteiger partial charge on any atom is 0.328 e. The third-order valence-corrected chi connectivity index (χ3v) is 3.23. The summed E-state index contributed by atoms with van der Waals surface area (Å²) in [5.74, 6) is -1.06. The van der Waals surface area contributed by atoms with Crippen LogP contribution in [0.2, 0.25) is 0 Å². The smallest absolute Gasteiger partial charge is 0.328 e. The highest BCUT2D eigenvalue weighted by molar-refractivity contribution is 7.51. The van der Waals surface area contributed by atoms with Gasteiger partial charge in [0.05, 0.1) is 6.16 Å². The zero-order chi connectivity index (χ0) is 17.1. The van der Waals surface area contributed by atoms with Crippen LogP contribution in [0.25, 0.3) is 0 Å². The fourth-order valence-electron chi connectivity index (χ4n) is 1.32. The van der Waals surface area contributed by atoms with Gasteiger partial charge in [-0.25, -0.2) is 0 Å². The van der Waals surface area contributed by atoms with Gasteiger partial charge >= 0.3 is 13.6 Å². The average molecular weight is 327 g/mol. The van der Waals surface area contributed by atoms with Gasteiger partial charge in [-0.2, -0.15) is 0 Å². The average Bonchev–Trinajstić information content (AvgIpc) is 2.26. The minimum absolute atomic E-state index is 0.331. The van der Waals surface area contributed by atoms with Gasteiger partial charge in [-0.05, 0) is 12.3 Å². The van der Waals surface area contributed by atoms with E-state index in [0.29, 0.717) is 6.42 Å². The number of hydrogen-bond donors (Lipinski definition) is 5. The van der Waals surface area contributed by atoms with Crippen molar-refractivity contribution in [3.05, 3.63) is 0 Å². The summed E-state index contributed by atoms with van der Waals surface area (Å²) in [5.41, 5.74) is 4.51. The Morgan fingerprint density at radius 1 is 1.14 bits per heavy atom. The van der Waals surface area contributed by atoms with Crippen molar-refractivity contribution in [3.8, 4) is 0 Å². The first-order chi connectivity index (χ1) is 9.45. The minimum atomic E-state index is -4.33. The quantitative estimate of drug-likeness (QED) is 0.308. The van der Waals surface area contributed by atoms with Gasteiger partial charge in [0, 0.05) is 6.42 Å². The largest absolute Gasteiger partial charge is 0.481 e. The number of aliphatic hydroxyl groups excluding tert-OH is 1. The number of amides is 1. The minimum Gasteiger partial charge on any atom is -0.481 e. The van der Waals surface area contributed by atoms with Crippen molar-refractivity contribution in [1.29, 1.82) is 0 Å². The second-order valence-corrected chi connectivity index (χ2v) is 6.85. The van der Waals surface area contributed by atoms with Crippen molar-refractivity contribution in [2.24, 2.45) is 11.7 Å². The second-order valence-electron chi connectivity index (χ2n) is 5.15. The molecule has 21 heavy (non-hydrogen) atoms. The molecule has 9 heteroatoms. The fraction of sp³-hybridized carbons (Fsp3) is 0.833. The molecule has 0 saturated heterocycles. The number of unbranched alkanes of at least 4 members (excludes halogenated alkanes) is 2. The monoisotopic (exact) mass is 327 g/mol. The van der Waals surface area contributed by atoms with Gasteiger partial charge in [-0.15, -0.1) is 0 Å². The van der Waals surface area contributed by atoms with E-state index >= 15 is 0 Å². The van der Waals surface area contributed by atoms with E-state index in [0.717, 1.165) is 18.8 Å². The van der Waals surface area contributed by atoms with Gasteiger partial charge in [0.25, 0.3) is 0 Å². The lowest BCUT2D eigenvalue weighted by Gasteiger charge is -2.06. The SMILES string of the molecule is CC(C)CCCCCC(=O)O.NC(=O)C(O)CP(=O)(O)O. The summed E-state index contributed by atoms with van der Waals surface area (Å²) >= 11 is 0. The number of hydrogen-bond acceptors (Lipinski definition) is 4. The molecule has 1 unspecified atom stereocenters. The summed E-state index contributed by atoms with van der Waals surface area (Å²) in [5, 5.41) is 16.8. The van der Waals surface area contributed by atoms with Gasteiger partial charge in [-0.3, -0.25) is 14.2 Å². The molecule has 0 saturated carbocycles. The molecule has 0 aromatic rings. The number of rotatable bonds is 9. The van der Waals surface area contributed by atoms with Crippen molar-refractivity contribution in [2.75, 3.05) is 6.16 Å². The van der Waals surface area contributed by atoms with Crippen LogP contribution in [0.4, 0.5) is 0 Å². The molecule has 0 aromatic carbocycles. The van der Waals surface area contributed by atoms with Gasteiger partial charge in [0.1, 0.15) is 6.10 Å². The zero-order valence-electron chi connectivity index (χ0n) is 12.4. The van der Waals surface area contributed by atoms with E-state index in [9.17, 15) is 14.2 Å². The van der Waals surface area contributed by atoms with Crippen LogP contribution >= 0.6 is 7.60 Å². The van der Waals surface area contributed by atoms with E-state index < -0.39 is 31.7 Å². The maximum atomic E-state index is 10.1. The number of primary amides is 1. The first kappa shape index (κ1) is 22.3. The molecule has 0 heterocycles. The third kappa shape index (κ3) is 21.5. The number of carboxylic acids is 1. The summed E-state index contributed by atoms with van der Waals surface area (Å²) in [6, 6.07) is 0. The third-order valence-electron chi connectivity index (χ3n) is 2.41. The van der Waals surface area contributed by atoms with Crippen molar-refractivity contribution in [2.45, 2.75) is 52.1 Å². The van der Waals surface area contributed by atoms with Crippen LogP contribution in [0.5, 0.6) is 0 Å². The fourth-order valence-corrected chi connectivity index (χ4v) is 1.95. The van der Waals surface area contributed by atoms with Crippen LogP contribution in [0.3, 0.4) is 0 Å². The molecule has 6 N–H and O–H groups in total. The van der Waals surface area contributed by atoms with Crippen LogP contribution in [0.1, 0.15) is 46.0 Å². The number of carbonyl (C=O) groups excluding carboxylic acids is 1. The zero-order valence-corrected chi connectivity index (χ0v) is 13.3. The summed E-state index contributed by atoms with van der Waals surface area (Å²) in [6.07, 6.45) is 1.94. The molecule has 0 spiro atoms. The molecular formula is C12H26NO7P. The lowest BCUT2D eigenvalue weighted by atomic mass is 10.0. The van der Waals surface area contributed by atoms with Gasteiger partial charge in [-0.1, -0.05) is 33.1 Å². The van der Waals surface area contributed by atoms with E-state index in [-0.39, 0.29) is 0 Å². The lowest BCUT2D eigenvalue weighted by molar-refractivity contribution is -0.137. The van der Waals surface area contributed by atoms with E-state index in [2.05, 4.69) is 19.6 Å². The molecule has 0 radical (unpaired) electrons. The number of nitrogens with two attached hydrogens (primary N) is 1. The Hall–Kier alpha value is -0.950. The van der Waals surface area contributed by atoms with E-state index in [1.807, 2.05) is 0 Å². The van der Waals surface area contributed by atoms with E-state index in [1.54, 1.807) is 0 Å². The van der Waals surface area contributed by atoms with Crippen LogP contribution in [0, 0.1) is 5.92 Å². The van der Waals surface area contributed by atoms with Crippen molar-refractivity contribution < 1.29 is 34.2 Å². The Balaban J connectivity index is 0. The molecule has 8 nitrogen and oxygen atoms in total. The predicted octanol–water partition coefficient (Wildman–Crippen LogP) is 0.688. The molecule has 1 atom stereocenters. The highest BCUT2D eigenvalue weighted by Gasteiger charge is 2.22. The Kier molecular flexibility index (Phi) is 12.4. The van der Waals surface area contributed by atoms with Crippen molar-refractivity contribution >= 4 is 19.5 Å². The van der Waals surface area contributed by atoms with Gasteiger partial charge in [0.15, 0.2) is 0 Å². The Labute approximate surface area is 124 Å². The predicted molar refractivity (Wildman–Crippen MR) is 77.7 cm³/mol. The Morgan fingerprint density at radius 3 is 1.95 bits per heavy atom. The van der Waals surface area contributed by atoms with Crippen molar-refractivity contribution in [3.63, 3.8) is 0 Å². The number of carboxylic acid groups (broad SMARTS) is 1. The van der Waals surface area contributed by atoms with E-state index in [1.165, 1.54) is 12.8 Å². The van der Waals surface area contributed by atoms with Crippen LogP contribution < -0.4 is 5.73 Å². The van der Waals surface area contributed by atoms with Gasteiger partial charge in [0.2, 0.25) is 5.91 Å². The molecule has 0 bridgehead atoms. The lowest BCUT2D eigenvalue weighted by Crippen LogP contribution is -2.31. The summed E-state index contributed by atoms with van der Waals surface area (Å²) in [4.78, 5) is 36.5. The molecule has 0 aromatic heterocycles. The summed E-state index contributed by atoms with van der Waals surface area (Å²) in [6.45, 7) is 4.38. The molecular weight excluding hydrogens is 301 g/mol. The Bertz CT molecular complexity index is 354. The standard InChI is InChI=1S/C9H18O2.C3H8NO5P/c1-8(2)6-4-3-5-7-9(10)11;4-3(6)2(5)1-10(7,8)9/h8H,3-7H2,1-2H3,(H,10,11);2,5H,1H2,(H2,4,6)(H2,7,8,9). The highest BCUT2D eigenvalue weighted by Crippen LogP contribution is 2.34. The normalized spacial score (nSPS) is 12.5. The maximum absolute atomic E-state index is 10.1. The molecule has 126 valence electrons. The van der Waals surface area contributed by atoms with Crippen LogP contribution in [-0.4, -0.2) is 44.1 Å². The number of aliphatic carboxylic acids is 1. The van der Waals surface area contributed by atoms with Gasteiger partial charge < -0.3 is 25.7 Å². The topological polar surface area (TPSA) is 158 Å². The molecule has 0 aliphatic heterocycles. The first-order valence-corrected chi connectivity index (χ1v) is 8.49. The second kappa shape index (κ2) is 11.7. The summed E-state index contributed by atoms with van der Waals surface area (Å²) < 4.78 is 10.1. The molecule has 0 rings (SSSR count). The molecule has 0 aliphatic rings. The van der Waals surface area contributed by atoms with Crippen molar-refractivity contribution in [1.82, 2.24) is 0 Å². The number of carbonyl (C=O) groups is 2. The number of aliphatic hydroxyl groups is 1. The van der Waals surface area contributed by atoms with Crippen LogP contribution in [0.15, 0.2) is 0 Å². The molecule has 0 aliphatic carbocycles. The highest BCUT2D eigenvalue weighted by atomic mass is 31.2. The first-order valence-electron chi connectivity index (χ1n) is 6.69. The summed E-state index contributed by atoms with van der Waals surface area (Å²) in [7, 11) is -4.33. The van der Waals surface area contributed by atoms with E-state index in [4.69, 9.17) is 20.0 Å². The molecule has 0 fully saturated rings. The Morgan fingerprint density at radius 2 is 1.67 bits per heavy atom. The van der Waals surface area contributed by atoms with Crippen LogP contribution in [-0.2, 0) is 14.2 Å².